The molecule has 0 aromatic carbocycles. The Morgan fingerprint density at radius 2 is 2.18 bits per heavy atom. The van der Waals surface area contributed by atoms with Crippen molar-refractivity contribution in [1.29, 1.82) is 0 Å². The first-order valence-electron chi connectivity index (χ1n) is 4.55. The quantitative estimate of drug-likeness (QED) is 0.621. The van der Waals surface area contributed by atoms with E-state index < -0.39 is 0 Å². The van der Waals surface area contributed by atoms with Gasteiger partial charge in [-0.2, -0.15) is 0 Å². The normalized spacial score (nSPS) is 33.8. The summed E-state index contributed by atoms with van der Waals surface area (Å²) in [6.45, 7) is 8.56. The van der Waals surface area contributed by atoms with E-state index in [4.69, 9.17) is 4.74 Å². The molecule has 1 fully saturated rings. The highest BCUT2D eigenvalue weighted by atomic mass is 16.5. The molecule has 2 heteroatoms. The first-order valence-corrected chi connectivity index (χ1v) is 4.55. The molecular formula is C9H19NO. The summed E-state index contributed by atoms with van der Waals surface area (Å²) >= 11 is 0. The van der Waals surface area contributed by atoms with E-state index in [9.17, 15) is 0 Å². The van der Waals surface area contributed by atoms with Gasteiger partial charge in [-0.3, -0.25) is 0 Å². The SMILES string of the molecule is CC(C)C1CN[C@@H](C)CCO1. The van der Waals surface area contributed by atoms with Crippen LogP contribution in [0, 0.1) is 5.92 Å². The van der Waals surface area contributed by atoms with Crippen LogP contribution >= 0.6 is 0 Å². The predicted molar refractivity (Wildman–Crippen MR) is 46.7 cm³/mol. The van der Waals surface area contributed by atoms with E-state index >= 15 is 0 Å². The van der Waals surface area contributed by atoms with Crippen molar-refractivity contribution < 1.29 is 4.74 Å². The summed E-state index contributed by atoms with van der Waals surface area (Å²) in [6.07, 6.45) is 1.56. The van der Waals surface area contributed by atoms with Crippen LogP contribution in [0.2, 0.25) is 0 Å². The second-order valence-electron chi connectivity index (χ2n) is 3.75. The molecule has 0 radical (unpaired) electrons. The highest BCUT2D eigenvalue weighted by Crippen LogP contribution is 2.10. The van der Waals surface area contributed by atoms with Gasteiger partial charge in [0.2, 0.25) is 0 Å². The van der Waals surface area contributed by atoms with Crippen LogP contribution in [-0.4, -0.2) is 25.3 Å². The molecule has 0 aliphatic carbocycles. The Bertz CT molecular complexity index is 114. The largest absolute Gasteiger partial charge is 0.377 e. The molecule has 1 unspecified atom stereocenters. The van der Waals surface area contributed by atoms with Crippen molar-refractivity contribution in [2.45, 2.75) is 39.3 Å². The smallest absolute Gasteiger partial charge is 0.0722 e. The van der Waals surface area contributed by atoms with Gasteiger partial charge in [0.05, 0.1) is 6.10 Å². The molecule has 1 heterocycles. The third-order valence-electron chi connectivity index (χ3n) is 2.29. The summed E-state index contributed by atoms with van der Waals surface area (Å²) in [5, 5.41) is 3.45. The lowest BCUT2D eigenvalue weighted by Gasteiger charge is -2.18. The first kappa shape index (κ1) is 9.01. The summed E-state index contributed by atoms with van der Waals surface area (Å²) in [5.41, 5.74) is 0. The van der Waals surface area contributed by atoms with E-state index in [0.717, 1.165) is 19.6 Å². The Morgan fingerprint density at radius 1 is 1.45 bits per heavy atom. The second kappa shape index (κ2) is 4.07. The summed E-state index contributed by atoms with van der Waals surface area (Å²) in [5.74, 6) is 0.632. The topological polar surface area (TPSA) is 21.3 Å². The molecule has 11 heavy (non-hydrogen) atoms. The average Bonchev–Trinajstić information content (AvgIpc) is 2.13. The monoisotopic (exact) mass is 157 g/mol. The lowest BCUT2D eigenvalue weighted by Crippen LogP contribution is -2.33. The van der Waals surface area contributed by atoms with Crippen molar-refractivity contribution in [2.24, 2.45) is 5.92 Å². The number of ether oxygens (including phenoxy) is 1. The minimum absolute atomic E-state index is 0.417. The van der Waals surface area contributed by atoms with Crippen molar-refractivity contribution in [1.82, 2.24) is 5.32 Å². The highest BCUT2D eigenvalue weighted by Gasteiger charge is 2.18. The van der Waals surface area contributed by atoms with E-state index in [1.165, 1.54) is 0 Å². The van der Waals surface area contributed by atoms with Gasteiger partial charge in [0, 0.05) is 19.2 Å². The summed E-state index contributed by atoms with van der Waals surface area (Å²) in [6, 6.07) is 0.624. The Kier molecular flexibility index (Phi) is 3.34. The number of hydrogen-bond donors (Lipinski definition) is 1. The van der Waals surface area contributed by atoms with Crippen molar-refractivity contribution in [3.8, 4) is 0 Å². The van der Waals surface area contributed by atoms with Crippen molar-refractivity contribution in [3.05, 3.63) is 0 Å². The molecule has 1 aliphatic rings. The molecule has 0 bridgehead atoms. The summed E-state index contributed by atoms with van der Waals surface area (Å²) < 4.78 is 5.67. The fraction of sp³-hybridized carbons (Fsp3) is 1.00. The molecule has 0 amide bonds. The van der Waals surface area contributed by atoms with Gasteiger partial charge >= 0.3 is 0 Å². The second-order valence-corrected chi connectivity index (χ2v) is 3.75. The first-order chi connectivity index (χ1) is 5.20. The Balaban J connectivity index is 2.34. The zero-order valence-corrected chi connectivity index (χ0v) is 7.76. The Labute approximate surface area is 69.3 Å². The van der Waals surface area contributed by atoms with Crippen molar-refractivity contribution >= 4 is 0 Å². The van der Waals surface area contributed by atoms with Crippen LogP contribution in [0.15, 0.2) is 0 Å². The van der Waals surface area contributed by atoms with Gasteiger partial charge in [-0.15, -0.1) is 0 Å². The third-order valence-corrected chi connectivity index (χ3v) is 2.29. The number of nitrogens with one attached hydrogen (secondary N) is 1. The minimum atomic E-state index is 0.417. The lowest BCUT2D eigenvalue weighted by molar-refractivity contribution is 0.0354. The van der Waals surface area contributed by atoms with Crippen molar-refractivity contribution in [3.63, 3.8) is 0 Å². The lowest BCUT2D eigenvalue weighted by atomic mass is 10.1. The maximum absolute atomic E-state index is 5.67. The zero-order chi connectivity index (χ0) is 8.27. The molecule has 1 rings (SSSR count). The molecule has 1 N–H and O–H groups in total. The molecular weight excluding hydrogens is 138 g/mol. The zero-order valence-electron chi connectivity index (χ0n) is 7.76. The maximum atomic E-state index is 5.67. The van der Waals surface area contributed by atoms with Crippen molar-refractivity contribution in [2.75, 3.05) is 13.2 Å². The van der Waals surface area contributed by atoms with E-state index in [-0.39, 0.29) is 0 Å². The molecule has 1 aliphatic heterocycles. The molecule has 0 aromatic rings. The maximum Gasteiger partial charge on any atom is 0.0722 e. The molecule has 1 saturated heterocycles. The van der Waals surface area contributed by atoms with Gasteiger partial charge in [0.25, 0.3) is 0 Å². The van der Waals surface area contributed by atoms with Crippen LogP contribution in [0.3, 0.4) is 0 Å². The van der Waals surface area contributed by atoms with Gasteiger partial charge in [-0.1, -0.05) is 13.8 Å². The minimum Gasteiger partial charge on any atom is -0.377 e. The van der Waals surface area contributed by atoms with Crippen LogP contribution in [0.1, 0.15) is 27.2 Å². The molecule has 0 aromatic heterocycles. The standard InChI is InChI=1S/C9H19NO/c1-7(2)9-6-10-8(3)4-5-11-9/h7-10H,4-6H2,1-3H3/t8-,9?/m0/s1. The van der Waals surface area contributed by atoms with Crippen LogP contribution in [0.4, 0.5) is 0 Å². The number of rotatable bonds is 1. The molecule has 2 nitrogen and oxygen atoms in total. The van der Waals surface area contributed by atoms with Crippen LogP contribution in [-0.2, 0) is 4.74 Å². The molecule has 0 spiro atoms. The van der Waals surface area contributed by atoms with Crippen LogP contribution in [0.5, 0.6) is 0 Å². The third kappa shape index (κ3) is 2.80. The van der Waals surface area contributed by atoms with Gasteiger partial charge in [-0.05, 0) is 19.3 Å². The van der Waals surface area contributed by atoms with Crippen LogP contribution < -0.4 is 5.32 Å². The Morgan fingerprint density at radius 3 is 2.82 bits per heavy atom. The van der Waals surface area contributed by atoms with Gasteiger partial charge < -0.3 is 10.1 Å². The van der Waals surface area contributed by atoms with Gasteiger partial charge in [0.1, 0.15) is 0 Å². The van der Waals surface area contributed by atoms with E-state index in [1.807, 2.05) is 0 Å². The number of hydrogen-bond acceptors (Lipinski definition) is 2. The van der Waals surface area contributed by atoms with Gasteiger partial charge in [0.15, 0.2) is 0 Å². The molecule has 2 atom stereocenters. The molecule has 0 saturated carbocycles. The summed E-state index contributed by atoms with van der Waals surface area (Å²) in [4.78, 5) is 0. The van der Waals surface area contributed by atoms with E-state index in [1.54, 1.807) is 0 Å². The fourth-order valence-corrected chi connectivity index (χ4v) is 1.30. The van der Waals surface area contributed by atoms with E-state index in [0.29, 0.717) is 18.1 Å². The highest BCUT2D eigenvalue weighted by molar-refractivity contribution is 4.72. The van der Waals surface area contributed by atoms with E-state index in [2.05, 4.69) is 26.1 Å². The van der Waals surface area contributed by atoms with Gasteiger partial charge in [-0.25, -0.2) is 0 Å². The average molecular weight is 157 g/mol. The summed E-state index contributed by atoms with van der Waals surface area (Å²) in [7, 11) is 0. The predicted octanol–water partition coefficient (Wildman–Crippen LogP) is 1.41. The van der Waals surface area contributed by atoms with Crippen LogP contribution in [0.25, 0.3) is 0 Å². The Hall–Kier alpha value is -0.0800. The molecule has 66 valence electrons. The fourth-order valence-electron chi connectivity index (χ4n) is 1.30.